The Morgan fingerprint density at radius 1 is 0.764 bits per heavy atom. The SMILES string of the molecule is CC1(C)CC[C@@]2(CO)C(=C3C=C[C@@H]4[C@@]5(C)CC[C@H](O[C@@H]6O[C@H](O)[C@H](O)[C@H](O[C@@H]7C[C@H](CO)[C@@H](O)[C@H](O)[C@H]7O)[C@H]6O)[C@@](C)(CO)C5CC[C@@]4(C)[C@]3(C)C[C@@H]2O)C1. The summed E-state index contributed by atoms with van der Waals surface area (Å²) in [5.74, 6) is -0.739. The van der Waals surface area contributed by atoms with Crippen molar-refractivity contribution in [3.8, 4) is 0 Å². The Balaban J connectivity index is 1.15. The minimum atomic E-state index is -1.82. The van der Waals surface area contributed by atoms with Crippen LogP contribution in [0.1, 0.15) is 99.3 Å². The molecule has 1 heterocycles. The van der Waals surface area contributed by atoms with Gasteiger partial charge in [0.25, 0.3) is 0 Å². The normalized spacial score (nSPS) is 54.9. The second-order valence-electron chi connectivity index (χ2n) is 20.4. The average molecular weight is 781 g/mol. The number of hydrogen-bond donors (Lipinski definition) is 10. The Morgan fingerprint density at radius 2 is 1.47 bits per heavy atom. The highest BCUT2D eigenvalue weighted by molar-refractivity contribution is 5.47. The van der Waals surface area contributed by atoms with Crippen molar-refractivity contribution in [2.45, 2.75) is 167 Å². The summed E-state index contributed by atoms with van der Waals surface area (Å²) in [4.78, 5) is 0. The molecule has 13 nitrogen and oxygen atoms in total. The van der Waals surface area contributed by atoms with Gasteiger partial charge >= 0.3 is 0 Å². The molecule has 5 fully saturated rings. The van der Waals surface area contributed by atoms with Gasteiger partial charge in [-0.1, -0.05) is 59.3 Å². The molecule has 314 valence electrons. The first kappa shape index (κ1) is 42.1. The summed E-state index contributed by atoms with van der Waals surface area (Å²) in [6, 6.07) is 0. The molecular formula is C42H68O13. The van der Waals surface area contributed by atoms with Crippen LogP contribution in [0, 0.1) is 50.2 Å². The lowest BCUT2D eigenvalue weighted by molar-refractivity contribution is -0.372. The minimum absolute atomic E-state index is 0.0213. The third-order valence-corrected chi connectivity index (χ3v) is 17.1. The molecule has 19 atom stereocenters. The molecule has 0 aromatic carbocycles. The van der Waals surface area contributed by atoms with Crippen LogP contribution in [-0.4, -0.2) is 138 Å². The molecule has 0 aromatic heterocycles. The summed E-state index contributed by atoms with van der Waals surface area (Å²) in [6.45, 7) is 12.8. The van der Waals surface area contributed by atoms with Crippen molar-refractivity contribution in [3.05, 3.63) is 23.3 Å². The number of hydrogen-bond acceptors (Lipinski definition) is 13. The molecule has 0 aromatic rings. The van der Waals surface area contributed by atoms with E-state index in [-0.39, 0.29) is 53.1 Å². The van der Waals surface area contributed by atoms with Crippen molar-refractivity contribution in [2.24, 2.45) is 50.2 Å². The van der Waals surface area contributed by atoms with E-state index in [1.54, 1.807) is 0 Å². The van der Waals surface area contributed by atoms with E-state index in [0.717, 1.165) is 38.5 Å². The van der Waals surface area contributed by atoms with Gasteiger partial charge in [-0.05, 0) is 91.4 Å². The van der Waals surface area contributed by atoms with Crippen LogP contribution in [0.4, 0.5) is 0 Å². The van der Waals surface area contributed by atoms with Gasteiger partial charge in [0, 0.05) is 28.8 Å². The molecule has 13 heteroatoms. The number of fused-ring (bicyclic) bond motifs is 6. The predicted octanol–water partition coefficient (Wildman–Crippen LogP) is 1.27. The van der Waals surface area contributed by atoms with Crippen LogP contribution in [0.3, 0.4) is 0 Å². The van der Waals surface area contributed by atoms with Gasteiger partial charge in [-0.2, -0.15) is 0 Å². The molecule has 1 saturated heterocycles. The van der Waals surface area contributed by atoms with E-state index in [0.29, 0.717) is 12.8 Å². The van der Waals surface area contributed by atoms with Gasteiger partial charge < -0.3 is 65.3 Å². The van der Waals surface area contributed by atoms with Gasteiger partial charge in [0.1, 0.15) is 30.5 Å². The first-order valence-corrected chi connectivity index (χ1v) is 20.7. The largest absolute Gasteiger partial charge is 0.396 e. The fraction of sp³-hybridized carbons (Fsp3) is 0.905. The summed E-state index contributed by atoms with van der Waals surface area (Å²) in [7, 11) is 0. The Labute approximate surface area is 325 Å². The van der Waals surface area contributed by atoms with Crippen LogP contribution < -0.4 is 0 Å². The van der Waals surface area contributed by atoms with Gasteiger partial charge in [-0.25, -0.2) is 0 Å². The van der Waals surface area contributed by atoms with Crippen LogP contribution in [-0.2, 0) is 14.2 Å². The summed E-state index contributed by atoms with van der Waals surface area (Å²) in [6.07, 6.45) is -4.72. The van der Waals surface area contributed by atoms with Crippen molar-refractivity contribution in [2.75, 3.05) is 19.8 Å². The third-order valence-electron chi connectivity index (χ3n) is 17.1. The number of allylic oxidation sites excluding steroid dienone is 3. The lowest BCUT2D eigenvalue weighted by atomic mass is 9.35. The smallest absolute Gasteiger partial charge is 0.189 e. The molecule has 7 rings (SSSR count). The van der Waals surface area contributed by atoms with E-state index in [4.69, 9.17) is 14.2 Å². The number of ether oxygens (including phenoxy) is 3. The van der Waals surface area contributed by atoms with Crippen LogP contribution >= 0.6 is 0 Å². The molecule has 0 bridgehead atoms. The van der Waals surface area contributed by atoms with Crippen LogP contribution in [0.25, 0.3) is 0 Å². The van der Waals surface area contributed by atoms with Crippen molar-refractivity contribution < 1.29 is 65.3 Å². The molecule has 1 aliphatic heterocycles. The summed E-state index contributed by atoms with van der Waals surface area (Å²) in [5.41, 5.74) is 0.300. The molecule has 0 amide bonds. The quantitative estimate of drug-likeness (QED) is 0.165. The fourth-order valence-corrected chi connectivity index (χ4v) is 13.3. The van der Waals surface area contributed by atoms with E-state index in [1.165, 1.54) is 11.1 Å². The van der Waals surface area contributed by atoms with Crippen molar-refractivity contribution >= 4 is 0 Å². The van der Waals surface area contributed by atoms with E-state index < -0.39 is 90.9 Å². The minimum Gasteiger partial charge on any atom is -0.396 e. The first-order valence-electron chi connectivity index (χ1n) is 20.7. The highest BCUT2D eigenvalue weighted by Gasteiger charge is 2.69. The molecule has 10 N–H and O–H groups in total. The standard InChI is InChI=1S/C42H68O13/c1-37(2)13-14-42(20-45)23(16-37)22-7-8-26-38(3)11-10-28(39(4,19-44)25(38)9-12-40(26,5)41(22,6)17-27(42)46)54-36-33(51)34(32(50)35(52)55-36)53-24-15-21(18-43)29(47)31(49)30(24)48/h7-8,21,24-36,43-52H,9-20H2,1-6H3/t21-,24-,25?,26-,27+,28+,29-,30+,31+,32-,33-,34+,35+,36-,38+,39+,40-,41-,42-/m1/s1. The first-order chi connectivity index (χ1) is 25.7. The van der Waals surface area contributed by atoms with E-state index in [1.807, 2.05) is 6.92 Å². The van der Waals surface area contributed by atoms with Crippen LogP contribution in [0.5, 0.6) is 0 Å². The zero-order valence-corrected chi connectivity index (χ0v) is 33.4. The van der Waals surface area contributed by atoms with Crippen molar-refractivity contribution in [1.82, 2.24) is 0 Å². The molecule has 0 radical (unpaired) electrons. The zero-order valence-electron chi connectivity index (χ0n) is 33.4. The molecule has 7 aliphatic rings. The second kappa shape index (κ2) is 14.3. The van der Waals surface area contributed by atoms with Gasteiger partial charge in [-0.3, -0.25) is 0 Å². The summed E-state index contributed by atoms with van der Waals surface area (Å²) >= 11 is 0. The zero-order chi connectivity index (χ0) is 40.3. The molecular weight excluding hydrogens is 712 g/mol. The van der Waals surface area contributed by atoms with Crippen molar-refractivity contribution in [1.29, 1.82) is 0 Å². The Morgan fingerprint density at radius 3 is 2.13 bits per heavy atom. The predicted molar refractivity (Wildman–Crippen MR) is 199 cm³/mol. The Hall–Kier alpha value is -1.04. The maximum atomic E-state index is 12.0. The lowest BCUT2D eigenvalue weighted by Gasteiger charge is -2.70. The number of aliphatic hydroxyl groups excluding tert-OH is 10. The van der Waals surface area contributed by atoms with Gasteiger partial charge in [0.15, 0.2) is 12.6 Å². The Kier molecular flexibility index (Phi) is 11.0. The Bertz CT molecular complexity index is 1500. The number of rotatable bonds is 7. The average Bonchev–Trinajstić information content (AvgIpc) is 3.13. The summed E-state index contributed by atoms with van der Waals surface area (Å²) < 4.78 is 18.1. The summed E-state index contributed by atoms with van der Waals surface area (Å²) in [5, 5.41) is 108. The lowest BCUT2D eigenvalue weighted by Crippen LogP contribution is -2.67. The van der Waals surface area contributed by atoms with Gasteiger partial charge in [-0.15, -0.1) is 0 Å². The fourth-order valence-electron chi connectivity index (χ4n) is 13.3. The monoisotopic (exact) mass is 780 g/mol. The number of aliphatic hydroxyl groups is 10. The molecule has 55 heavy (non-hydrogen) atoms. The molecule has 6 aliphatic carbocycles. The molecule has 1 unspecified atom stereocenters. The highest BCUT2D eigenvalue weighted by atomic mass is 16.8. The van der Waals surface area contributed by atoms with E-state index in [2.05, 4.69) is 46.8 Å². The molecule has 0 spiro atoms. The second-order valence-corrected chi connectivity index (χ2v) is 20.4. The van der Waals surface area contributed by atoms with E-state index in [9.17, 15) is 51.1 Å². The third kappa shape index (κ3) is 6.12. The van der Waals surface area contributed by atoms with E-state index >= 15 is 0 Å². The van der Waals surface area contributed by atoms with Crippen LogP contribution in [0.2, 0.25) is 0 Å². The van der Waals surface area contributed by atoms with Crippen LogP contribution in [0.15, 0.2) is 23.3 Å². The maximum Gasteiger partial charge on any atom is 0.189 e. The topological polar surface area (TPSA) is 230 Å². The van der Waals surface area contributed by atoms with Gasteiger partial charge in [0.2, 0.25) is 0 Å². The molecule has 4 saturated carbocycles. The van der Waals surface area contributed by atoms with Crippen molar-refractivity contribution in [3.63, 3.8) is 0 Å². The highest BCUT2D eigenvalue weighted by Crippen LogP contribution is 2.74. The van der Waals surface area contributed by atoms with Gasteiger partial charge in [0.05, 0.1) is 37.6 Å². The maximum absolute atomic E-state index is 12.0.